The standard InChI is InChI=1S/C16H31N5O3/c1-16(2,3)24-15(23)19-12-8-5-7-11-18-14(22)10-6-4-9-13-20-21-17/h4-13H2,1-3H3,(H,18,22)(H,19,23). The molecule has 0 aromatic heterocycles. The first-order valence-corrected chi connectivity index (χ1v) is 8.59. The van der Waals surface area contributed by atoms with Crippen molar-refractivity contribution in [1.82, 2.24) is 10.6 Å². The van der Waals surface area contributed by atoms with E-state index in [4.69, 9.17) is 10.3 Å². The van der Waals surface area contributed by atoms with Crippen molar-refractivity contribution in [3.05, 3.63) is 10.4 Å². The van der Waals surface area contributed by atoms with Gasteiger partial charge in [-0.1, -0.05) is 11.5 Å². The predicted molar refractivity (Wildman–Crippen MR) is 93.6 cm³/mol. The molecule has 2 N–H and O–H groups in total. The summed E-state index contributed by atoms with van der Waals surface area (Å²) in [5, 5.41) is 9.04. The number of nitrogens with one attached hydrogen (secondary N) is 2. The van der Waals surface area contributed by atoms with Crippen LogP contribution in [0.3, 0.4) is 0 Å². The lowest BCUT2D eigenvalue weighted by atomic mass is 10.2. The highest BCUT2D eigenvalue weighted by Gasteiger charge is 2.15. The third-order valence-corrected chi connectivity index (χ3v) is 3.07. The molecule has 0 aromatic carbocycles. The van der Waals surface area contributed by atoms with E-state index in [0.29, 0.717) is 26.1 Å². The molecular formula is C16H31N5O3. The summed E-state index contributed by atoms with van der Waals surface area (Å²) >= 11 is 0. The van der Waals surface area contributed by atoms with Gasteiger partial charge in [0.1, 0.15) is 5.60 Å². The smallest absolute Gasteiger partial charge is 0.407 e. The maximum Gasteiger partial charge on any atom is 0.407 e. The van der Waals surface area contributed by atoms with Crippen molar-refractivity contribution < 1.29 is 14.3 Å². The molecule has 2 amide bonds. The van der Waals surface area contributed by atoms with E-state index in [-0.39, 0.29) is 5.91 Å². The van der Waals surface area contributed by atoms with Gasteiger partial charge in [0, 0.05) is 31.0 Å². The zero-order chi connectivity index (χ0) is 18.3. The second-order valence-electron chi connectivity index (χ2n) is 6.60. The van der Waals surface area contributed by atoms with Gasteiger partial charge < -0.3 is 15.4 Å². The van der Waals surface area contributed by atoms with Crippen LogP contribution in [0.2, 0.25) is 0 Å². The SMILES string of the molecule is CC(C)(C)OC(=O)NCCCCCNC(=O)CCCCCN=[N+]=[N-]. The Labute approximate surface area is 144 Å². The Kier molecular flexibility index (Phi) is 12.4. The van der Waals surface area contributed by atoms with Gasteiger partial charge in [-0.3, -0.25) is 4.79 Å². The zero-order valence-corrected chi connectivity index (χ0v) is 15.1. The van der Waals surface area contributed by atoms with Crippen LogP contribution in [0.4, 0.5) is 4.79 Å². The Hall–Kier alpha value is -1.95. The molecule has 0 saturated carbocycles. The van der Waals surface area contributed by atoms with Crippen molar-refractivity contribution in [2.75, 3.05) is 19.6 Å². The zero-order valence-electron chi connectivity index (χ0n) is 15.1. The summed E-state index contributed by atoms with van der Waals surface area (Å²) in [5.74, 6) is 0.0608. The minimum Gasteiger partial charge on any atom is -0.444 e. The average molecular weight is 341 g/mol. The van der Waals surface area contributed by atoms with Gasteiger partial charge >= 0.3 is 6.09 Å². The van der Waals surface area contributed by atoms with E-state index < -0.39 is 11.7 Å². The lowest BCUT2D eigenvalue weighted by molar-refractivity contribution is -0.121. The third-order valence-electron chi connectivity index (χ3n) is 3.07. The first-order chi connectivity index (χ1) is 11.3. The molecule has 0 aliphatic carbocycles. The minimum absolute atomic E-state index is 0.0608. The van der Waals surface area contributed by atoms with Crippen LogP contribution >= 0.6 is 0 Å². The second-order valence-corrected chi connectivity index (χ2v) is 6.60. The van der Waals surface area contributed by atoms with Crippen LogP contribution < -0.4 is 10.6 Å². The Bertz CT molecular complexity index is 414. The van der Waals surface area contributed by atoms with Crippen LogP contribution in [-0.2, 0) is 9.53 Å². The summed E-state index contributed by atoms with van der Waals surface area (Å²) in [6.07, 6.45) is 5.32. The molecule has 0 bridgehead atoms. The summed E-state index contributed by atoms with van der Waals surface area (Å²) < 4.78 is 5.13. The van der Waals surface area contributed by atoms with E-state index in [0.717, 1.165) is 38.5 Å². The van der Waals surface area contributed by atoms with Gasteiger partial charge in [0.2, 0.25) is 5.91 Å². The maximum absolute atomic E-state index is 11.6. The number of carbonyl (C=O) groups is 2. The predicted octanol–water partition coefficient (Wildman–Crippen LogP) is 3.67. The fourth-order valence-electron chi connectivity index (χ4n) is 1.94. The van der Waals surface area contributed by atoms with E-state index in [2.05, 4.69) is 20.7 Å². The molecule has 0 fully saturated rings. The molecule has 0 aliphatic rings. The van der Waals surface area contributed by atoms with Gasteiger partial charge in [-0.05, 0) is 58.4 Å². The molecule has 138 valence electrons. The summed E-state index contributed by atoms with van der Waals surface area (Å²) in [7, 11) is 0. The number of hydrogen-bond donors (Lipinski definition) is 2. The fourth-order valence-corrected chi connectivity index (χ4v) is 1.94. The van der Waals surface area contributed by atoms with Crippen molar-refractivity contribution >= 4 is 12.0 Å². The van der Waals surface area contributed by atoms with E-state index in [1.807, 2.05) is 20.8 Å². The van der Waals surface area contributed by atoms with Crippen molar-refractivity contribution in [2.24, 2.45) is 5.11 Å². The molecule has 0 atom stereocenters. The Morgan fingerprint density at radius 1 is 1.00 bits per heavy atom. The number of alkyl carbamates (subject to hydrolysis) is 1. The number of hydrogen-bond acceptors (Lipinski definition) is 4. The topological polar surface area (TPSA) is 116 Å². The highest BCUT2D eigenvalue weighted by atomic mass is 16.6. The largest absolute Gasteiger partial charge is 0.444 e. The van der Waals surface area contributed by atoms with Gasteiger partial charge in [-0.2, -0.15) is 0 Å². The van der Waals surface area contributed by atoms with Crippen molar-refractivity contribution in [1.29, 1.82) is 0 Å². The Morgan fingerprint density at radius 2 is 1.62 bits per heavy atom. The number of carbonyl (C=O) groups excluding carboxylic acids is 2. The minimum atomic E-state index is -0.475. The summed E-state index contributed by atoms with van der Waals surface area (Å²) in [5.41, 5.74) is 7.65. The highest BCUT2D eigenvalue weighted by molar-refractivity contribution is 5.75. The highest BCUT2D eigenvalue weighted by Crippen LogP contribution is 2.06. The van der Waals surface area contributed by atoms with Gasteiger partial charge in [-0.25, -0.2) is 4.79 Å². The fraction of sp³-hybridized carbons (Fsp3) is 0.875. The number of ether oxygens (including phenoxy) is 1. The molecule has 0 rings (SSSR count). The number of rotatable bonds is 12. The number of amides is 2. The quantitative estimate of drug-likeness (QED) is 0.244. The van der Waals surface area contributed by atoms with Crippen LogP contribution in [0.5, 0.6) is 0 Å². The van der Waals surface area contributed by atoms with Gasteiger partial charge in [0.15, 0.2) is 0 Å². The first kappa shape index (κ1) is 22.1. The number of azide groups is 1. The molecule has 8 heteroatoms. The van der Waals surface area contributed by atoms with Gasteiger partial charge in [-0.15, -0.1) is 0 Å². The Morgan fingerprint density at radius 3 is 2.25 bits per heavy atom. The lowest BCUT2D eigenvalue weighted by Crippen LogP contribution is -2.33. The second kappa shape index (κ2) is 13.5. The van der Waals surface area contributed by atoms with Crippen LogP contribution in [-0.4, -0.2) is 37.2 Å². The monoisotopic (exact) mass is 341 g/mol. The molecule has 0 heterocycles. The summed E-state index contributed by atoms with van der Waals surface area (Å²) in [6.45, 7) is 7.22. The molecule has 8 nitrogen and oxygen atoms in total. The molecule has 0 radical (unpaired) electrons. The van der Waals surface area contributed by atoms with E-state index in [9.17, 15) is 9.59 Å². The van der Waals surface area contributed by atoms with Crippen LogP contribution in [0.1, 0.15) is 65.7 Å². The molecule has 0 unspecified atom stereocenters. The van der Waals surface area contributed by atoms with Crippen molar-refractivity contribution in [3.63, 3.8) is 0 Å². The summed E-state index contributed by atoms with van der Waals surface area (Å²) in [4.78, 5) is 25.7. The van der Waals surface area contributed by atoms with Crippen molar-refractivity contribution in [3.8, 4) is 0 Å². The normalized spacial score (nSPS) is 10.6. The van der Waals surface area contributed by atoms with Crippen LogP contribution in [0, 0.1) is 0 Å². The molecule has 24 heavy (non-hydrogen) atoms. The number of unbranched alkanes of at least 4 members (excludes halogenated alkanes) is 4. The van der Waals surface area contributed by atoms with Gasteiger partial charge in [0.25, 0.3) is 0 Å². The molecule has 0 spiro atoms. The molecular weight excluding hydrogens is 310 g/mol. The molecule has 0 saturated heterocycles. The van der Waals surface area contributed by atoms with Crippen LogP contribution in [0.15, 0.2) is 5.11 Å². The van der Waals surface area contributed by atoms with Crippen LogP contribution in [0.25, 0.3) is 10.4 Å². The third kappa shape index (κ3) is 16.4. The summed E-state index contributed by atoms with van der Waals surface area (Å²) in [6, 6.07) is 0. The van der Waals surface area contributed by atoms with Crippen molar-refractivity contribution in [2.45, 2.75) is 71.3 Å². The lowest BCUT2D eigenvalue weighted by Gasteiger charge is -2.19. The van der Waals surface area contributed by atoms with E-state index in [1.54, 1.807) is 0 Å². The first-order valence-electron chi connectivity index (χ1n) is 8.59. The van der Waals surface area contributed by atoms with E-state index in [1.165, 1.54) is 0 Å². The van der Waals surface area contributed by atoms with E-state index >= 15 is 0 Å². The average Bonchev–Trinajstić information content (AvgIpc) is 2.48. The molecule has 0 aliphatic heterocycles. The molecule has 0 aromatic rings. The maximum atomic E-state index is 11.6. The Balaban J connectivity index is 3.39. The van der Waals surface area contributed by atoms with Gasteiger partial charge in [0.05, 0.1) is 0 Å². The number of nitrogens with zero attached hydrogens (tertiary/aromatic N) is 3.